The van der Waals surface area contributed by atoms with Gasteiger partial charge in [0.05, 0.1) is 0 Å². The Morgan fingerprint density at radius 2 is 1.81 bits per heavy atom. The molecule has 0 aliphatic carbocycles. The molecular weight excluding hydrogens is 342 g/mol. The molecule has 2 nitrogen and oxygen atoms in total. The summed E-state index contributed by atoms with van der Waals surface area (Å²) >= 11 is 0. The van der Waals surface area contributed by atoms with Gasteiger partial charge in [-0.25, -0.2) is 8.78 Å². The van der Waals surface area contributed by atoms with Crippen molar-refractivity contribution in [3.8, 4) is 0 Å². The first-order valence-electron chi connectivity index (χ1n) is 10.1. The molecule has 144 valence electrons. The number of nitrogens with one attached hydrogen (secondary N) is 1. The molecule has 1 N–H and O–H groups in total. The zero-order chi connectivity index (χ0) is 18.7. The minimum absolute atomic E-state index is 0.213. The number of hydrogen-bond donors (Lipinski definition) is 1. The molecule has 0 aromatic heterocycles. The maximum atomic E-state index is 14.7. The van der Waals surface area contributed by atoms with Gasteiger partial charge in [0.1, 0.15) is 11.6 Å². The second-order valence-electron chi connectivity index (χ2n) is 8.10. The molecule has 2 saturated heterocycles. The molecule has 0 saturated carbocycles. The van der Waals surface area contributed by atoms with E-state index >= 15 is 0 Å². The third kappa shape index (κ3) is 3.92. The molecular formula is C23H28F2N2. The van der Waals surface area contributed by atoms with Gasteiger partial charge in [-0.05, 0) is 68.4 Å². The van der Waals surface area contributed by atoms with Gasteiger partial charge in [0.2, 0.25) is 0 Å². The van der Waals surface area contributed by atoms with E-state index in [0.717, 1.165) is 64.5 Å². The highest BCUT2D eigenvalue weighted by Crippen LogP contribution is 2.44. The number of hydrogen-bond acceptors (Lipinski definition) is 2. The minimum Gasteiger partial charge on any atom is -0.316 e. The van der Waals surface area contributed by atoms with Crippen molar-refractivity contribution in [3.05, 3.63) is 71.3 Å². The maximum Gasteiger partial charge on any atom is 0.129 e. The second kappa shape index (κ2) is 8.07. The first kappa shape index (κ1) is 18.6. The standard InChI is InChI=1S/C23H28F2N2/c24-20-7-8-21(22(25)15-20)23(11-4-12-26-17-23)19-9-13-27(14-10-19)16-18-5-2-1-3-6-18/h1-3,5-8,15,19,26H,4,9-14,16-17H2. The largest absolute Gasteiger partial charge is 0.316 e. The molecule has 0 amide bonds. The summed E-state index contributed by atoms with van der Waals surface area (Å²) in [6.07, 6.45) is 4.14. The summed E-state index contributed by atoms with van der Waals surface area (Å²) in [6, 6.07) is 14.7. The Morgan fingerprint density at radius 1 is 1.04 bits per heavy atom. The molecule has 1 unspecified atom stereocenters. The van der Waals surface area contributed by atoms with E-state index in [1.54, 1.807) is 6.07 Å². The Kier molecular flexibility index (Phi) is 5.55. The lowest BCUT2D eigenvalue weighted by Gasteiger charge is -2.47. The fourth-order valence-electron chi connectivity index (χ4n) is 5.11. The van der Waals surface area contributed by atoms with E-state index < -0.39 is 5.82 Å². The van der Waals surface area contributed by atoms with E-state index in [2.05, 4.69) is 34.5 Å². The Bertz CT molecular complexity index is 748. The predicted molar refractivity (Wildman–Crippen MR) is 105 cm³/mol. The molecule has 4 heteroatoms. The van der Waals surface area contributed by atoms with Gasteiger partial charge in [-0.3, -0.25) is 4.90 Å². The van der Waals surface area contributed by atoms with Gasteiger partial charge in [-0.1, -0.05) is 36.4 Å². The van der Waals surface area contributed by atoms with Gasteiger partial charge in [0.15, 0.2) is 0 Å². The van der Waals surface area contributed by atoms with Gasteiger partial charge < -0.3 is 5.32 Å². The molecule has 4 rings (SSSR count). The molecule has 1 atom stereocenters. The van der Waals surface area contributed by atoms with E-state index in [1.807, 2.05) is 6.07 Å². The quantitative estimate of drug-likeness (QED) is 0.853. The summed E-state index contributed by atoms with van der Waals surface area (Å²) in [7, 11) is 0. The number of rotatable bonds is 4. The number of benzene rings is 2. The van der Waals surface area contributed by atoms with Crippen molar-refractivity contribution in [2.24, 2.45) is 5.92 Å². The SMILES string of the molecule is Fc1ccc(C2(C3CCN(Cc4ccccc4)CC3)CCCNC2)c(F)c1. The van der Waals surface area contributed by atoms with Crippen LogP contribution in [0.3, 0.4) is 0 Å². The van der Waals surface area contributed by atoms with Crippen molar-refractivity contribution in [1.29, 1.82) is 0 Å². The van der Waals surface area contributed by atoms with Crippen molar-refractivity contribution in [2.75, 3.05) is 26.2 Å². The highest BCUT2D eigenvalue weighted by molar-refractivity contribution is 5.30. The van der Waals surface area contributed by atoms with Crippen LogP contribution in [0, 0.1) is 17.6 Å². The predicted octanol–water partition coefficient (Wildman–Crippen LogP) is 4.50. The van der Waals surface area contributed by atoms with Crippen LogP contribution in [0.25, 0.3) is 0 Å². The van der Waals surface area contributed by atoms with E-state index in [9.17, 15) is 8.78 Å². The van der Waals surface area contributed by atoms with Crippen LogP contribution in [0.15, 0.2) is 48.5 Å². The number of piperidine rings is 2. The van der Waals surface area contributed by atoms with Gasteiger partial charge >= 0.3 is 0 Å². The summed E-state index contributed by atoms with van der Waals surface area (Å²) in [5.74, 6) is -0.449. The van der Waals surface area contributed by atoms with E-state index in [1.165, 1.54) is 11.6 Å². The molecule has 0 spiro atoms. The molecule has 0 bridgehead atoms. The van der Waals surface area contributed by atoms with Gasteiger partial charge in [-0.15, -0.1) is 0 Å². The van der Waals surface area contributed by atoms with E-state index in [0.29, 0.717) is 11.5 Å². The lowest BCUT2D eigenvalue weighted by molar-refractivity contribution is 0.101. The Labute approximate surface area is 160 Å². The molecule has 27 heavy (non-hydrogen) atoms. The molecule has 2 heterocycles. The van der Waals surface area contributed by atoms with Crippen LogP contribution in [0.2, 0.25) is 0 Å². The normalized spacial score (nSPS) is 24.8. The van der Waals surface area contributed by atoms with Gasteiger partial charge in [0.25, 0.3) is 0 Å². The van der Waals surface area contributed by atoms with Crippen molar-refractivity contribution < 1.29 is 8.78 Å². The van der Waals surface area contributed by atoms with Crippen LogP contribution in [0.5, 0.6) is 0 Å². The fraction of sp³-hybridized carbons (Fsp3) is 0.478. The third-order valence-corrected chi connectivity index (χ3v) is 6.50. The Hall–Kier alpha value is -1.78. The molecule has 2 aromatic carbocycles. The highest BCUT2D eigenvalue weighted by Gasteiger charge is 2.44. The molecule has 0 radical (unpaired) electrons. The first-order valence-corrected chi connectivity index (χ1v) is 10.1. The number of likely N-dealkylation sites (tertiary alicyclic amines) is 1. The van der Waals surface area contributed by atoms with Crippen LogP contribution >= 0.6 is 0 Å². The van der Waals surface area contributed by atoms with Gasteiger partial charge in [0, 0.05) is 24.6 Å². The number of halogens is 2. The lowest BCUT2D eigenvalue weighted by atomic mass is 9.63. The summed E-state index contributed by atoms with van der Waals surface area (Å²) < 4.78 is 28.2. The van der Waals surface area contributed by atoms with Crippen molar-refractivity contribution >= 4 is 0 Å². The lowest BCUT2D eigenvalue weighted by Crippen LogP contribution is -2.52. The summed E-state index contributed by atoms with van der Waals surface area (Å²) in [4.78, 5) is 2.50. The smallest absolute Gasteiger partial charge is 0.129 e. The maximum absolute atomic E-state index is 14.7. The van der Waals surface area contributed by atoms with Crippen LogP contribution in [-0.2, 0) is 12.0 Å². The summed E-state index contributed by atoms with van der Waals surface area (Å²) in [5, 5.41) is 3.49. The van der Waals surface area contributed by atoms with Crippen molar-refractivity contribution in [2.45, 2.75) is 37.6 Å². The van der Waals surface area contributed by atoms with Crippen molar-refractivity contribution in [3.63, 3.8) is 0 Å². The zero-order valence-corrected chi connectivity index (χ0v) is 15.8. The summed E-state index contributed by atoms with van der Waals surface area (Å²) in [5.41, 5.74) is 1.83. The van der Waals surface area contributed by atoms with Gasteiger partial charge in [-0.2, -0.15) is 0 Å². The van der Waals surface area contributed by atoms with Crippen LogP contribution in [0.1, 0.15) is 36.8 Å². The van der Waals surface area contributed by atoms with Crippen LogP contribution in [0.4, 0.5) is 8.78 Å². The summed E-state index contributed by atoms with van der Waals surface area (Å²) in [6.45, 7) is 4.81. The molecule has 2 aromatic rings. The fourth-order valence-corrected chi connectivity index (χ4v) is 5.11. The minimum atomic E-state index is -0.493. The van der Waals surface area contributed by atoms with E-state index in [4.69, 9.17) is 0 Å². The average molecular weight is 370 g/mol. The van der Waals surface area contributed by atoms with Crippen LogP contribution in [-0.4, -0.2) is 31.1 Å². The van der Waals surface area contributed by atoms with E-state index in [-0.39, 0.29) is 11.2 Å². The third-order valence-electron chi connectivity index (χ3n) is 6.50. The molecule has 2 aliphatic rings. The molecule has 2 aliphatic heterocycles. The second-order valence-corrected chi connectivity index (χ2v) is 8.10. The first-order chi connectivity index (χ1) is 13.2. The molecule has 2 fully saturated rings. The highest BCUT2D eigenvalue weighted by atomic mass is 19.1. The average Bonchev–Trinajstić information content (AvgIpc) is 2.70. The van der Waals surface area contributed by atoms with Crippen molar-refractivity contribution in [1.82, 2.24) is 10.2 Å². The monoisotopic (exact) mass is 370 g/mol. The Balaban J connectivity index is 1.51. The number of nitrogens with zero attached hydrogens (tertiary/aromatic N) is 1. The topological polar surface area (TPSA) is 15.3 Å². The Morgan fingerprint density at radius 3 is 2.48 bits per heavy atom. The van der Waals surface area contributed by atoms with Crippen LogP contribution < -0.4 is 5.32 Å². The zero-order valence-electron chi connectivity index (χ0n) is 15.8.